The molecule has 0 spiro atoms. The highest BCUT2D eigenvalue weighted by Crippen LogP contribution is 1.83. The average Bonchev–Trinajstić information content (AvgIpc) is 1.85. The molecule has 0 heterocycles. The van der Waals surface area contributed by atoms with Crippen molar-refractivity contribution < 1.29 is 9.90 Å². The summed E-state index contributed by atoms with van der Waals surface area (Å²) in [7, 11) is 0. The third-order valence-corrected chi connectivity index (χ3v) is 0.884. The Morgan fingerprint density at radius 3 is 2.78 bits per heavy atom. The molecule has 1 amide bonds. The molecule has 0 radical (unpaired) electrons. The van der Waals surface area contributed by atoms with Crippen molar-refractivity contribution in [3.63, 3.8) is 0 Å². The summed E-state index contributed by atoms with van der Waals surface area (Å²) in [5.41, 5.74) is 5.13. The lowest BCUT2D eigenvalue weighted by Gasteiger charge is -1.97. The number of amides is 1. The van der Waals surface area contributed by atoms with Crippen LogP contribution in [0.4, 0.5) is 0 Å². The van der Waals surface area contributed by atoms with E-state index in [1.165, 1.54) is 0 Å². The lowest BCUT2D eigenvalue weighted by atomic mass is 10.3. The van der Waals surface area contributed by atoms with E-state index in [2.05, 4.69) is 5.32 Å². The summed E-state index contributed by atoms with van der Waals surface area (Å²) in [4.78, 5) is 10.5. The van der Waals surface area contributed by atoms with Gasteiger partial charge in [-0.25, -0.2) is 0 Å². The summed E-state index contributed by atoms with van der Waals surface area (Å²) < 4.78 is 0. The molecular weight excluding hydrogens is 120 g/mol. The van der Waals surface area contributed by atoms with E-state index in [0.717, 1.165) is 0 Å². The van der Waals surface area contributed by atoms with E-state index >= 15 is 0 Å². The van der Waals surface area contributed by atoms with Gasteiger partial charge in [0, 0.05) is 6.42 Å². The Hall–Kier alpha value is -0.610. The minimum Gasteiger partial charge on any atom is -0.377 e. The molecule has 0 aliphatic carbocycles. The molecule has 9 heavy (non-hydrogen) atoms. The first-order valence-corrected chi connectivity index (χ1v) is 2.89. The first kappa shape index (κ1) is 8.39. The van der Waals surface area contributed by atoms with E-state index in [1.807, 2.05) is 0 Å². The van der Waals surface area contributed by atoms with Crippen molar-refractivity contribution in [2.45, 2.75) is 12.8 Å². The molecule has 0 saturated carbocycles. The van der Waals surface area contributed by atoms with Crippen LogP contribution in [0, 0.1) is 0 Å². The molecule has 0 saturated heterocycles. The van der Waals surface area contributed by atoms with E-state index < -0.39 is 0 Å². The average molecular weight is 132 g/mol. The van der Waals surface area contributed by atoms with Crippen LogP contribution < -0.4 is 11.1 Å². The fraction of sp³-hybridized carbons (Fsp3) is 0.800. The van der Waals surface area contributed by atoms with Crippen molar-refractivity contribution >= 4 is 5.91 Å². The second-order valence-corrected chi connectivity index (χ2v) is 1.65. The van der Waals surface area contributed by atoms with E-state index in [-0.39, 0.29) is 12.6 Å². The molecule has 4 N–H and O–H groups in total. The van der Waals surface area contributed by atoms with E-state index in [0.29, 0.717) is 19.4 Å². The molecule has 4 heteroatoms. The Morgan fingerprint density at radius 1 is 1.67 bits per heavy atom. The largest absolute Gasteiger partial charge is 0.377 e. The Kier molecular flexibility index (Phi) is 5.15. The van der Waals surface area contributed by atoms with Crippen molar-refractivity contribution in [1.29, 1.82) is 0 Å². The number of aliphatic hydroxyl groups is 1. The molecule has 0 fully saturated rings. The van der Waals surface area contributed by atoms with E-state index in [4.69, 9.17) is 10.8 Å². The van der Waals surface area contributed by atoms with Crippen LogP contribution in [0.3, 0.4) is 0 Å². The highest BCUT2D eigenvalue weighted by Gasteiger charge is 1.95. The number of carbonyl (C=O) groups is 1. The number of hydrogen-bond acceptors (Lipinski definition) is 3. The number of hydrogen-bond donors (Lipinski definition) is 3. The molecule has 54 valence electrons. The fourth-order valence-corrected chi connectivity index (χ4v) is 0.439. The molecule has 0 aromatic rings. The van der Waals surface area contributed by atoms with Gasteiger partial charge < -0.3 is 16.2 Å². The molecule has 0 aliphatic rings. The lowest BCUT2D eigenvalue weighted by molar-refractivity contribution is -0.122. The second-order valence-electron chi connectivity index (χ2n) is 1.65. The Morgan fingerprint density at radius 2 is 2.33 bits per heavy atom. The van der Waals surface area contributed by atoms with Crippen molar-refractivity contribution in [2.75, 3.05) is 13.3 Å². The maximum atomic E-state index is 10.5. The molecular formula is C5H12N2O2. The summed E-state index contributed by atoms with van der Waals surface area (Å²) in [6.45, 7) is 0.224. The molecule has 0 atom stereocenters. The third-order valence-electron chi connectivity index (χ3n) is 0.884. The number of nitrogens with one attached hydrogen (secondary N) is 1. The van der Waals surface area contributed by atoms with Crippen LogP contribution in [-0.4, -0.2) is 24.3 Å². The van der Waals surface area contributed by atoms with Crippen molar-refractivity contribution in [3.05, 3.63) is 0 Å². The predicted octanol–water partition coefficient (Wildman–Crippen LogP) is -1.21. The molecule has 0 aromatic carbocycles. The van der Waals surface area contributed by atoms with Gasteiger partial charge >= 0.3 is 0 Å². The summed E-state index contributed by atoms with van der Waals surface area (Å²) in [6, 6.07) is 0. The first-order valence-electron chi connectivity index (χ1n) is 2.89. The van der Waals surface area contributed by atoms with Gasteiger partial charge in [-0.1, -0.05) is 0 Å². The maximum absolute atomic E-state index is 10.5. The van der Waals surface area contributed by atoms with E-state index in [1.54, 1.807) is 0 Å². The molecule has 0 unspecified atom stereocenters. The summed E-state index contributed by atoms with van der Waals surface area (Å²) in [5.74, 6) is -0.150. The van der Waals surface area contributed by atoms with Crippen molar-refractivity contribution in [2.24, 2.45) is 5.73 Å². The fourth-order valence-electron chi connectivity index (χ4n) is 0.439. The van der Waals surface area contributed by atoms with Crippen LogP contribution >= 0.6 is 0 Å². The minimum absolute atomic E-state index is 0.150. The number of rotatable bonds is 4. The second kappa shape index (κ2) is 5.53. The van der Waals surface area contributed by atoms with Crippen LogP contribution in [0.1, 0.15) is 12.8 Å². The van der Waals surface area contributed by atoms with Gasteiger partial charge in [0.1, 0.15) is 6.73 Å². The monoisotopic (exact) mass is 132 g/mol. The number of carbonyl (C=O) groups excluding carboxylic acids is 1. The van der Waals surface area contributed by atoms with Gasteiger partial charge in [0.25, 0.3) is 0 Å². The molecule has 0 rings (SSSR count). The van der Waals surface area contributed by atoms with Gasteiger partial charge in [-0.3, -0.25) is 4.79 Å². The normalized spacial score (nSPS) is 9.11. The van der Waals surface area contributed by atoms with Crippen LogP contribution in [0.2, 0.25) is 0 Å². The van der Waals surface area contributed by atoms with Gasteiger partial charge in [-0.2, -0.15) is 0 Å². The zero-order chi connectivity index (χ0) is 7.11. The predicted molar refractivity (Wildman–Crippen MR) is 33.5 cm³/mol. The summed E-state index contributed by atoms with van der Waals surface area (Å²) in [5, 5.41) is 10.4. The van der Waals surface area contributed by atoms with Gasteiger partial charge in [-0.05, 0) is 13.0 Å². The van der Waals surface area contributed by atoms with E-state index in [9.17, 15) is 4.79 Å². The smallest absolute Gasteiger partial charge is 0.221 e. The van der Waals surface area contributed by atoms with Gasteiger partial charge in [0.2, 0.25) is 5.91 Å². The molecule has 0 aliphatic heterocycles. The molecule has 0 bridgehead atoms. The number of nitrogens with two attached hydrogens (primary N) is 1. The molecule has 0 aromatic heterocycles. The Balaban J connectivity index is 3.06. The highest BCUT2D eigenvalue weighted by molar-refractivity contribution is 5.75. The Labute approximate surface area is 54.0 Å². The third kappa shape index (κ3) is 5.26. The van der Waals surface area contributed by atoms with Gasteiger partial charge in [0.15, 0.2) is 0 Å². The zero-order valence-corrected chi connectivity index (χ0v) is 5.26. The summed E-state index contributed by atoms with van der Waals surface area (Å²) >= 11 is 0. The van der Waals surface area contributed by atoms with Crippen LogP contribution in [-0.2, 0) is 4.79 Å². The van der Waals surface area contributed by atoms with Crippen LogP contribution in [0.15, 0.2) is 0 Å². The number of aliphatic hydroxyl groups excluding tert-OH is 1. The zero-order valence-electron chi connectivity index (χ0n) is 5.26. The minimum atomic E-state index is -0.288. The van der Waals surface area contributed by atoms with Crippen molar-refractivity contribution in [1.82, 2.24) is 5.32 Å². The SMILES string of the molecule is NCCCC(=O)NCO. The first-order chi connectivity index (χ1) is 4.31. The van der Waals surface area contributed by atoms with Gasteiger partial charge in [0.05, 0.1) is 0 Å². The topological polar surface area (TPSA) is 75.4 Å². The maximum Gasteiger partial charge on any atom is 0.221 e. The Bertz CT molecular complexity index is 85.0. The van der Waals surface area contributed by atoms with Crippen LogP contribution in [0.5, 0.6) is 0 Å². The van der Waals surface area contributed by atoms with Crippen LogP contribution in [0.25, 0.3) is 0 Å². The lowest BCUT2D eigenvalue weighted by Crippen LogP contribution is -2.24. The van der Waals surface area contributed by atoms with Crippen molar-refractivity contribution in [3.8, 4) is 0 Å². The quantitative estimate of drug-likeness (QED) is 0.420. The van der Waals surface area contributed by atoms with Gasteiger partial charge in [-0.15, -0.1) is 0 Å². The highest BCUT2D eigenvalue weighted by atomic mass is 16.3. The standard InChI is InChI=1S/C5H12N2O2/c6-3-1-2-5(9)7-4-8/h8H,1-4,6H2,(H,7,9). The molecule has 4 nitrogen and oxygen atoms in total. The summed E-state index contributed by atoms with van der Waals surface area (Å²) in [6.07, 6.45) is 1.07.